The van der Waals surface area contributed by atoms with Gasteiger partial charge in [0.05, 0.1) is 34.4 Å². The van der Waals surface area contributed by atoms with Gasteiger partial charge >= 0.3 is 17.9 Å². The number of carbonyl (C=O) groups excluding carboxylic acids is 3. The Kier molecular flexibility index (Phi) is 30.9. The quantitative estimate of drug-likeness (QED) is 0.0119. The molecule has 0 radical (unpaired) electrons. The summed E-state index contributed by atoms with van der Waals surface area (Å²) in [5.74, 6) is -1.55. The number of quaternary nitrogens is 1. The SMILES string of the molecule is C=CC(=O)OCCCCCCC/C=C/C=C/C(=O)O[C@H](COC(=O)CCCCCCCCCCCCCCC)COP(=O)([O-])OCC[N+](C)(C)C. The van der Waals surface area contributed by atoms with Crippen molar-refractivity contribution >= 4 is 25.7 Å². The second-order valence-electron chi connectivity index (χ2n) is 14.0. The number of hydrogen-bond donors (Lipinski definition) is 0. The summed E-state index contributed by atoms with van der Waals surface area (Å²) >= 11 is 0. The van der Waals surface area contributed by atoms with E-state index in [0.29, 0.717) is 24.1 Å². The Hall–Kier alpha value is -2.30. The Balaban J connectivity index is 4.53. The van der Waals surface area contributed by atoms with Crippen molar-refractivity contribution in [2.75, 3.05) is 54.1 Å². The number of esters is 3. The number of hydrogen-bond acceptors (Lipinski definition) is 10. The number of phosphoric ester groups is 1. The maximum Gasteiger partial charge on any atom is 0.331 e. The summed E-state index contributed by atoms with van der Waals surface area (Å²) < 4.78 is 38.4. The molecule has 0 amide bonds. The summed E-state index contributed by atoms with van der Waals surface area (Å²) in [7, 11) is 1.05. The van der Waals surface area contributed by atoms with E-state index in [4.69, 9.17) is 23.3 Å². The first-order chi connectivity index (χ1) is 24.4. The van der Waals surface area contributed by atoms with Crippen molar-refractivity contribution in [3.05, 3.63) is 37.0 Å². The highest BCUT2D eigenvalue weighted by Crippen LogP contribution is 2.38. The molecule has 0 aliphatic rings. The van der Waals surface area contributed by atoms with Crippen LogP contribution >= 0.6 is 7.82 Å². The van der Waals surface area contributed by atoms with Crippen molar-refractivity contribution in [1.29, 1.82) is 0 Å². The van der Waals surface area contributed by atoms with E-state index in [-0.39, 0.29) is 19.6 Å². The highest BCUT2D eigenvalue weighted by molar-refractivity contribution is 7.45. The number of phosphoric acid groups is 1. The summed E-state index contributed by atoms with van der Waals surface area (Å²) in [4.78, 5) is 48.2. The van der Waals surface area contributed by atoms with Gasteiger partial charge in [-0.2, -0.15) is 0 Å². The number of carbonyl (C=O) groups is 3. The molecule has 0 bridgehead atoms. The van der Waals surface area contributed by atoms with Crippen molar-refractivity contribution in [3.63, 3.8) is 0 Å². The van der Waals surface area contributed by atoms with Crippen LogP contribution in [0.3, 0.4) is 0 Å². The molecule has 0 rings (SSSR count). The predicted molar refractivity (Wildman–Crippen MR) is 201 cm³/mol. The number of ether oxygens (including phenoxy) is 3. The maximum atomic E-state index is 12.5. The van der Waals surface area contributed by atoms with Gasteiger partial charge in [0, 0.05) is 18.6 Å². The van der Waals surface area contributed by atoms with Gasteiger partial charge in [-0.1, -0.05) is 128 Å². The maximum absolute atomic E-state index is 12.5. The largest absolute Gasteiger partial charge is 0.756 e. The van der Waals surface area contributed by atoms with Crippen LogP contribution in [0.5, 0.6) is 0 Å². The molecule has 0 fully saturated rings. The summed E-state index contributed by atoms with van der Waals surface area (Å²) in [6.45, 7) is 5.52. The number of allylic oxidation sites excluding steroid dienone is 3. The van der Waals surface area contributed by atoms with E-state index < -0.39 is 38.4 Å². The third kappa shape index (κ3) is 35.9. The van der Waals surface area contributed by atoms with Gasteiger partial charge in [0.2, 0.25) is 0 Å². The van der Waals surface area contributed by atoms with Crippen LogP contribution < -0.4 is 4.89 Å². The zero-order valence-corrected chi connectivity index (χ0v) is 33.2. The highest BCUT2D eigenvalue weighted by atomic mass is 31.2. The summed E-state index contributed by atoms with van der Waals surface area (Å²) in [6, 6.07) is 0. The fourth-order valence-electron chi connectivity index (χ4n) is 4.94. The van der Waals surface area contributed by atoms with E-state index in [2.05, 4.69) is 13.5 Å². The standard InChI is InChI=1S/C39H70NO10P/c1-6-8-9-10-11-12-13-14-15-17-20-23-26-29-38(42)47-34-36(35-49-51(44,45)48-33-31-40(3,4)5)50-39(43)30-27-24-21-18-16-19-22-25-28-32-46-37(41)7-2/h7,21,24,27,30,36H,2,6,8-20,22-23,25-26,28-29,31-35H2,1,3-5H3/b24-21+,30-27+/t36-/m1/s1. The molecule has 1 unspecified atom stereocenters. The molecular formula is C39H70NO10P. The third-order valence-corrected chi connectivity index (χ3v) is 9.00. The van der Waals surface area contributed by atoms with Gasteiger partial charge in [0.15, 0.2) is 6.10 Å². The lowest BCUT2D eigenvalue weighted by molar-refractivity contribution is -0.870. The van der Waals surface area contributed by atoms with Crippen LogP contribution in [-0.4, -0.2) is 82.6 Å². The minimum atomic E-state index is -4.66. The van der Waals surface area contributed by atoms with Gasteiger partial charge in [0.1, 0.15) is 19.8 Å². The summed E-state index contributed by atoms with van der Waals surface area (Å²) in [5, 5.41) is 0. The first-order valence-electron chi connectivity index (χ1n) is 19.3. The molecule has 0 saturated heterocycles. The van der Waals surface area contributed by atoms with Crippen molar-refractivity contribution in [3.8, 4) is 0 Å². The van der Waals surface area contributed by atoms with Crippen LogP contribution in [0.25, 0.3) is 0 Å². The van der Waals surface area contributed by atoms with Crippen LogP contribution in [0.15, 0.2) is 37.0 Å². The number of rotatable bonds is 35. The van der Waals surface area contributed by atoms with Gasteiger partial charge in [-0.05, 0) is 25.7 Å². The molecule has 0 aliphatic heterocycles. The summed E-state index contributed by atoms with van der Waals surface area (Å²) in [5.41, 5.74) is 0. The van der Waals surface area contributed by atoms with Crippen LogP contribution in [0, 0.1) is 0 Å². The van der Waals surface area contributed by atoms with Crippen LogP contribution in [-0.2, 0) is 42.2 Å². The van der Waals surface area contributed by atoms with Gasteiger partial charge in [-0.25, -0.2) is 9.59 Å². The fraction of sp³-hybridized carbons (Fsp3) is 0.769. The molecule has 0 aliphatic carbocycles. The summed E-state index contributed by atoms with van der Waals surface area (Å²) in [6.07, 6.45) is 28.0. The molecule has 0 aromatic carbocycles. The molecule has 51 heavy (non-hydrogen) atoms. The van der Waals surface area contributed by atoms with Gasteiger partial charge in [-0.15, -0.1) is 0 Å². The average molecular weight is 744 g/mol. The molecule has 0 N–H and O–H groups in total. The Morgan fingerprint density at radius 3 is 1.86 bits per heavy atom. The van der Waals surface area contributed by atoms with Crippen molar-refractivity contribution in [2.45, 2.75) is 141 Å². The number of nitrogens with zero attached hydrogens (tertiary/aromatic N) is 1. The van der Waals surface area contributed by atoms with Crippen molar-refractivity contribution in [1.82, 2.24) is 0 Å². The lowest BCUT2D eigenvalue weighted by Crippen LogP contribution is -2.37. The molecule has 0 aromatic heterocycles. The molecule has 0 heterocycles. The van der Waals surface area contributed by atoms with E-state index in [9.17, 15) is 23.8 Å². The molecule has 12 heteroatoms. The van der Waals surface area contributed by atoms with E-state index >= 15 is 0 Å². The molecule has 2 atom stereocenters. The van der Waals surface area contributed by atoms with Crippen molar-refractivity contribution < 1.29 is 51.6 Å². The Morgan fingerprint density at radius 1 is 0.706 bits per heavy atom. The first kappa shape index (κ1) is 48.7. The molecule has 296 valence electrons. The average Bonchev–Trinajstić information content (AvgIpc) is 3.07. The van der Waals surface area contributed by atoms with E-state index in [1.165, 1.54) is 63.9 Å². The predicted octanol–water partition coefficient (Wildman–Crippen LogP) is 8.31. The fourth-order valence-corrected chi connectivity index (χ4v) is 5.67. The third-order valence-electron chi connectivity index (χ3n) is 8.03. The normalized spacial score (nSPS) is 13.7. The van der Waals surface area contributed by atoms with Crippen LogP contribution in [0.1, 0.15) is 135 Å². The van der Waals surface area contributed by atoms with E-state index in [0.717, 1.165) is 63.9 Å². The molecular weight excluding hydrogens is 673 g/mol. The zero-order chi connectivity index (χ0) is 38.1. The molecule has 0 saturated carbocycles. The lowest BCUT2D eigenvalue weighted by atomic mass is 10.0. The minimum absolute atomic E-state index is 0.0643. The van der Waals surface area contributed by atoms with Crippen LogP contribution in [0.2, 0.25) is 0 Å². The highest BCUT2D eigenvalue weighted by Gasteiger charge is 2.21. The molecule has 11 nitrogen and oxygen atoms in total. The Morgan fingerprint density at radius 2 is 1.27 bits per heavy atom. The smallest absolute Gasteiger partial charge is 0.331 e. The van der Waals surface area contributed by atoms with Crippen LogP contribution in [0.4, 0.5) is 0 Å². The van der Waals surface area contributed by atoms with Crippen molar-refractivity contribution in [2.24, 2.45) is 0 Å². The van der Waals surface area contributed by atoms with Gasteiger partial charge in [0.25, 0.3) is 7.82 Å². The molecule has 0 spiro atoms. The zero-order valence-electron chi connectivity index (χ0n) is 32.3. The topological polar surface area (TPSA) is 137 Å². The van der Waals surface area contributed by atoms with E-state index in [1.54, 1.807) is 12.2 Å². The van der Waals surface area contributed by atoms with E-state index in [1.807, 2.05) is 27.2 Å². The van der Waals surface area contributed by atoms with Gasteiger partial charge in [-0.3, -0.25) is 9.36 Å². The minimum Gasteiger partial charge on any atom is -0.756 e. The van der Waals surface area contributed by atoms with Gasteiger partial charge < -0.3 is 32.6 Å². The monoisotopic (exact) mass is 743 g/mol. The second kappa shape index (κ2) is 32.4. The number of likely N-dealkylation sites (N-methyl/N-ethyl adjacent to an activating group) is 1. The second-order valence-corrected chi connectivity index (χ2v) is 15.5. The lowest BCUT2D eigenvalue weighted by Gasteiger charge is -2.28. The molecule has 0 aromatic rings. The Labute approximate surface area is 309 Å². The Bertz CT molecular complexity index is 1020. The first-order valence-corrected chi connectivity index (χ1v) is 20.7. The number of unbranched alkanes of at least 4 members (excludes halogenated alkanes) is 17.